The molecule has 1 N–H and O–H groups in total. The molecule has 21 heavy (non-hydrogen) atoms. The molecule has 0 saturated heterocycles. The van der Waals surface area contributed by atoms with Gasteiger partial charge in [-0.2, -0.15) is 0 Å². The summed E-state index contributed by atoms with van der Waals surface area (Å²) in [6, 6.07) is 18.7. The maximum absolute atomic E-state index is 6.20. The first kappa shape index (κ1) is 14.2. The van der Waals surface area contributed by atoms with E-state index in [-0.39, 0.29) is 0 Å². The van der Waals surface area contributed by atoms with Crippen LogP contribution in [0.2, 0.25) is 5.02 Å². The third kappa shape index (κ3) is 3.46. The largest absolute Gasteiger partial charge is 0.379 e. The highest BCUT2D eigenvalue weighted by atomic mass is 35.5. The fourth-order valence-electron chi connectivity index (χ4n) is 2.21. The monoisotopic (exact) mass is 313 g/mol. The van der Waals surface area contributed by atoms with E-state index in [4.69, 9.17) is 11.6 Å². The van der Waals surface area contributed by atoms with Crippen LogP contribution in [0.4, 0.5) is 5.69 Å². The molecular weight excluding hydrogens is 298 g/mol. The molecule has 0 radical (unpaired) electrons. The van der Waals surface area contributed by atoms with E-state index in [1.165, 1.54) is 21.6 Å². The van der Waals surface area contributed by atoms with E-state index in [0.29, 0.717) is 0 Å². The lowest BCUT2D eigenvalue weighted by molar-refractivity contribution is 1.19. The number of aryl methyl sites for hydroxylation is 1. The molecule has 0 aliphatic rings. The van der Waals surface area contributed by atoms with Crippen LogP contribution in [-0.4, -0.2) is 0 Å². The summed E-state index contributed by atoms with van der Waals surface area (Å²) < 4.78 is 0. The summed E-state index contributed by atoms with van der Waals surface area (Å²) in [4.78, 5) is 1.30. The van der Waals surface area contributed by atoms with E-state index in [2.05, 4.69) is 54.0 Å². The van der Waals surface area contributed by atoms with E-state index >= 15 is 0 Å². The Morgan fingerprint density at radius 1 is 1.00 bits per heavy atom. The molecule has 0 fully saturated rings. The summed E-state index contributed by atoms with van der Waals surface area (Å²) in [7, 11) is 0. The summed E-state index contributed by atoms with van der Waals surface area (Å²) >= 11 is 7.97. The van der Waals surface area contributed by atoms with Crippen molar-refractivity contribution >= 4 is 28.6 Å². The molecule has 0 unspecified atom stereocenters. The summed E-state index contributed by atoms with van der Waals surface area (Å²) in [5.74, 6) is 0. The first-order valence-electron chi connectivity index (χ1n) is 6.85. The Morgan fingerprint density at radius 2 is 1.81 bits per heavy atom. The molecular formula is C18H16ClNS. The van der Waals surface area contributed by atoms with Crippen LogP contribution in [-0.2, 0) is 6.54 Å². The van der Waals surface area contributed by atoms with Crippen molar-refractivity contribution in [3.8, 4) is 11.1 Å². The van der Waals surface area contributed by atoms with Gasteiger partial charge in [0.2, 0.25) is 0 Å². The highest BCUT2D eigenvalue weighted by molar-refractivity contribution is 7.10. The number of thiophene rings is 1. The van der Waals surface area contributed by atoms with Gasteiger partial charge >= 0.3 is 0 Å². The van der Waals surface area contributed by atoms with Crippen molar-refractivity contribution in [3.05, 3.63) is 75.4 Å². The number of nitrogens with one attached hydrogen (secondary N) is 1. The molecule has 0 aliphatic carbocycles. The number of anilines is 1. The summed E-state index contributed by atoms with van der Waals surface area (Å²) in [5.41, 5.74) is 4.73. The lowest BCUT2D eigenvalue weighted by Gasteiger charge is -2.08. The molecule has 0 aliphatic heterocycles. The molecule has 0 amide bonds. The molecule has 2 aromatic carbocycles. The summed E-state index contributed by atoms with van der Waals surface area (Å²) in [6.45, 7) is 2.86. The van der Waals surface area contributed by atoms with Crippen molar-refractivity contribution in [3.63, 3.8) is 0 Å². The molecule has 0 bridgehead atoms. The maximum atomic E-state index is 6.20. The number of rotatable bonds is 4. The highest BCUT2D eigenvalue weighted by Gasteiger charge is 2.04. The number of hydrogen-bond acceptors (Lipinski definition) is 2. The Labute approximate surface area is 134 Å². The van der Waals surface area contributed by atoms with Crippen molar-refractivity contribution in [2.75, 3.05) is 5.32 Å². The predicted molar refractivity (Wildman–Crippen MR) is 93.3 cm³/mol. The van der Waals surface area contributed by atoms with Crippen molar-refractivity contribution in [1.29, 1.82) is 0 Å². The molecule has 3 aromatic rings. The molecule has 106 valence electrons. The van der Waals surface area contributed by atoms with Crippen LogP contribution in [0.1, 0.15) is 10.4 Å². The zero-order valence-corrected chi connectivity index (χ0v) is 13.3. The smallest absolute Gasteiger partial charge is 0.0637 e. The van der Waals surface area contributed by atoms with Crippen LogP contribution >= 0.6 is 22.9 Å². The SMILES string of the molecule is Cc1ccc(Cl)c(NCc2cc(-c3ccccc3)cs2)c1. The molecule has 3 heteroatoms. The van der Waals surface area contributed by atoms with Gasteiger partial charge in [-0.3, -0.25) is 0 Å². The first-order chi connectivity index (χ1) is 10.2. The zero-order chi connectivity index (χ0) is 14.7. The van der Waals surface area contributed by atoms with Gasteiger partial charge in [0.25, 0.3) is 0 Å². The van der Waals surface area contributed by atoms with Crippen LogP contribution in [0.15, 0.2) is 60.0 Å². The molecule has 0 saturated carbocycles. The minimum absolute atomic E-state index is 0.764. The van der Waals surface area contributed by atoms with Gasteiger partial charge in [-0.05, 0) is 47.2 Å². The molecule has 1 heterocycles. The zero-order valence-electron chi connectivity index (χ0n) is 11.8. The number of hydrogen-bond donors (Lipinski definition) is 1. The Morgan fingerprint density at radius 3 is 2.62 bits per heavy atom. The van der Waals surface area contributed by atoms with Gasteiger partial charge in [0.1, 0.15) is 0 Å². The van der Waals surface area contributed by atoms with E-state index in [1.807, 2.05) is 18.2 Å². The van der Waals surface area contributed by atoms with Gasteiger partial charge in [-0.15, -0.1) is 11.3 Å². The van der Waals surface area contributed by atoms with Crippen molar-refractivity contribution in [2.45, 2.75) is 13.5 Å². The van der Waals surface area contributed by atoms with Crippen LogP contribution in [0.5, 0.6) is 0 Å². The summed E-state index contributed by atoms with van der Waals surface area (Å²) in [6.07, 6.45) is 0. The predicted octanol–water partition coefficient (Wildman–Crippen LogP) is 5.99. The number of halogens is 1. The fraction of sp³-hybridized carbons (Fsp3) is 0.111. The first-order valence-corrected chi connectivity index (χ1v) is 8.11. The quantitative estimate of drug-likeness (QED) is 0.624. The molecule has 1 aromatic heterocycles. The lowest BCUT2D eigenvalue weighted by atomic mass is 10.1. The topological polar surface area (TPSA) is 12.0 Å². The third-order valence-electron chi connectivity index (χ3n) is 3.34. The van der Waals surface area contributed by atoms with E-state index in [0.717, 1.165) is 17.3 Å². The van der Waals surface area contributed by atoms with Gasteiger partial charge in [0.15, 0.2) is 0 Å². The van der Waals surface area contributed by atoms with Gasteiger partial charge in [0, 0.05) is 11.4 Å². The van der Waals surface area contributed by atoms with Crippen LogP contribution in [0.25, 0.3) is 11.1 Å². The second kappa shape index (κ2) is 6.33. The van der Waals surface area contributed by atoms with E-state index < -0.39 is 0 Å². The lowest BCUT2D eigenvalue weighted by Crippen LogP contribution is -1.98. The maximum Gasteiger partial charge on any atom is 0.0637 e. The minimum Gasteiger partial charge on any atom is -0.379 e. The highest BCUT2D eigenvalue weighted by Crippen LogP contribution is 2.27. The average Bonchev–Trinajstić information content (AvgIpc) is 2.98. The van der Waals surface area contributed by atoms with Crippen LogP contribution in [0, 0.1) is 6.92 Å². The van der Waals surface area contributed by atoms with Gasteiger partial charge in [0.05, 0.1) is 10.7 Å². The summed E-state index contributed by atoms with van der Waals surface area (Å²) in [5, 5.41) is 6.38. The normalized spacial score (nSPS) is 10.6. The molecule has 0 spiro atoms. The standard InChI is InChI=1S/C18H16ClNS/c1-13-7-8-17(19)18(9-13)20-11-16-10-15(12-21-16)14-5-3-2-4-6-14/h2-10,12,20H,11H2,1H3. The minimum atomic E-state index is 0.764. The van der Waals surface area contributed by atoms with Crippen molar-refractivity contribution < 1.29 is 0 Å². The second-order valence-electron chi connectivity index (χ2n) is 5.00. The Hall–Kier alpha value is -1.77. The second-order valence-corrected chi connectivity index (χ2v) is 6.41. The molecule has 3 rings (SSSR count). The van der Waals surface area contributed by atoms with E-state index in [1.54, 1.807) is 11.3 Å². The van der Waals surface area contributed by atoms with Crippen LogP contribution < -0.4 is 5.32 Å². The van der Waals surface area contributed by atoms with E-state index in [9.17, 15) is 0 Å². The van der Waals surface area contributed by atoms with Crippen LogP contribution in [0.3, 0.4) is 0 Å². The number of benzene rings is 2. The molecule has 1 nitrogen and oxygen atoms in total. The Bertz CT molecular complexity index is 734. The van der Waals surface area contributed by atoms with Gasteiger partial charge in [-0.25, -0.2) is 0 Å². The Balaban J connectivity index is 1.72. The van der Waals surface area contributed by atoms with Gasteiger partial charge in [-0.1, -0.05) is 48.0 Å². The van der Waals surface area contributed by atoms with Gasteiger partial charge < -0.3 is 5.32 Å². The molecule has 0 atom stereocenters. The van der Waals surface area contributed by atoms with Crippen molar-refractivity contribution in [2.24, 2.45) is 0 Å². The average molecular weight is 314 g/mol. The Kier molecular flexibility index (Phi) is 4.28. The third-order valence-corrected chi connectivity index (χ3v) is 4.60. The fourth-order valence-corrected chi connectivity index (χ4v) is 3.23. The van der Waals surface area contributed by atoms with Crippen molar-refractivity contribution in [1.82, 2.24) is 0 Å².